The summed E-state index contributed by atoms with van der Waals surface area (Å²) in [5.74, 6) is 0.570. The van der Waals surface area contributed by atoms with E-state index < -0.39 is 0 Å². The first-order valence-electron chi connectivity index (χ1n) is 7.94. The number of benzene rings is 2. The molecule has 1 amide bonds. The number of amides is 1. The lowest BCUT2D eigenvalue weighted by Gasteiger charge is -2.00. The van der Waals surface area contributed by atoms with Crippen LogP contribution in [0, 0.1) is 0 Å². The van der Waals surface area contributed by atoms with Crippen LogP contribution in [0.1, 0.15) is 16.0 Å². The van der Waals surface area contributed by atoms with Crippen molar-refractivity contribution in [1.29, 1.82) is 0 Å². The summed E-state index contributed by atoms with van der Waals surface area (Å²) in [6.07, 6.45) is 4.16. The van der Waals surface area contributed by atoms with Crippen LogP contribution in [-0.4, -0.2) is 18.0 Å². The van der Waals surface area contributed by atoms with E-state index in [0.717, 1.165) is 23.4 Å². The lowest BCUT2D eigenvalue weighted by atomic mass is 10.1. The number of ether oxygens (including phenoxy) is 1. The van der Waals surface area contributed by atoms with E-state index >= 15 is 0 Å². The number of carbonyl (C=O) groups excluding carboxylic acids is 1. The Labute approximate surface area is 149 Å². The van der Waals surface area contributed by atoms with Gasteiger partial charge in [-0.1, -0.05) is 36.4 Å². The smallest absolute Gasteiger partial charge is 0.250 e. The third-order valence-electron chi connectivity index (χ3n) is 4.07. The van der Waals surface area contributed by atoms with E-state index in [0.29, 0.717) is 5.13 Å². The zero-order chi connectivity index (χ0) is 17.2. The number of aromatic nitrogens is 1. The first-order valence-corrected chi connectivity index (χ1v) is 8.75. The molecule has 1 aliphatic carbocycles. The number of carbonyl (C=O) groups is 1. The number of methoxy groups -OCH3 is 1. The van der Waals surface area contributed by atoms with Crippen molar-refractivity contribution in [2.75, 3.05) is 12.4 Å². The minimum absolute atomic E-state index is 0.191. The highest BCUT2D eigenvalue weighted by molar-refractivity contribution is 7.16. The first kappa shape index (κ1) is 15.6. The Morgan fingerprint density at radius 1 is 1.24 bits per heavy atom. The molecule has 124 valence electrons. The van der Waals surface area contributed by atoms with Crippen LogP contribution < -0.4 is 10.1 Å². The SMILES string of the molecule is COc1cccc(/C=C/C(=O)Nc2nc3c(s2)Cc2ccccc2-3)c1. The Bertz CT molecular complexity index is 975. The normalized spacial score (nSPS) is 12.0. The van der Waals surface area contributed by atoms with Crippen molar-refractivity contribution < 1.29 is 9.53 Å². The lowest BCUT2D eigenvalue weighted by molar-refractivity contribution is -0.111. The topological polar surface area (TPSA) is 51.2 Å². The summed E-state index contributed by atoms with van der Waals surface area (Å²) in [6.45, 7) is 0. The summed E-state index contributed by atoms with van der Waals surface area (Å²) >= 11 is 1.54. The molecule has 0 unspecified atom stereocenters. The van der Waals surface area contributed by atoms with Crippen LogP contribution in [0.15, 0.2) is 54.6 Å². The van der Waals surface area contributed by atoms with Gasteiger partial charge < -0.3 is 4.74 Å². The Morgan fingerprint density at radius 3 is 3.00 bits per heavy atom. The molecule has 3 aromatic rings. The van der Waals surface area contributed by atoms with Crippen LogP contribution in [0.2, 0.25) is 0 Å². The molecule has 0 saturated carbocycles. The number of anilines is 1. The molecule has 1 N–H and O–H groups in total. The molecular formula is C20H16N2O2S. The van der Waals surface area contributed by atoms with Crippen LogP contribution in [0.25, 0.3) is 17.3 Å². The van der Waals surface area contributed by atoms with Gasteiger partial charge in [0, 0.05) is 22.9 Å². The van der Waals surface area contributed by atoms with Crippen LogP contribution >= 0.6 is 11.3 Å². The van der Waals surface area contributed by atoms with Crippen molar-refractivity contribution in [1.82, 2.24) is 4.98 Å². The third-order valence-corrected chi connectivity index (χ3v) is 5.04. The predicted octanol–water partition coefficient (Wildman–Crippen LogP) is 4.37. The second-order valence-corrected chi connectivity index (χ2v) is 6.81. The molecule has 1 aromatic heterocycles. The summed E-state index contributed by atoms with van der Waals surface area (Å²) < 4.78 is 5.18. The highest BCUT2D eigenvalue weighted by Gasteiger charge is 2.23. The zero-order valence-corrected chi connectivity index (χ0v) is 14.5. The summed E-state index contributed by atoms with van der Waals surface area (Å²) in [5.41, 5.74) is 4.37. The van der Waals surface area contributed by atoms with E-state index in [4.69, 9.17) is 4.74 Å². The molecule has 0 bridgehead atoms. The maximum absolute atomic E-state index is 12.2. The van der Waals surface area contributed by atoms with Crippen molar-refractivity contribution in [2.45, 2.75) is 6.42 Å². The van der Waals surface area contributed by atoms with Gasteiger partial charge in [0.1, 0.15) is 5.75 Å². The van der Waals surface area contributed by atoms with E-state index in [1.165, 1.54) is 33.4 Å². The molecule has 4 nitrogen and oxygen atoms in total. The van der Waals surface area contributed by atoms with Gasteiger partial charge in [0.25, 0.3) is 0 Å². The van der Waals surface area contributed by atoms with Gasteiger partial charge in [-0.2, -0.15) is 0 Å². The van der Waals surface area contributed by atoms with Gasteiger partial charge >= 0.3 is 0 Å². The van der Waals surface area contributed by atoms with Gasteiger partial charge in [-0.15, -0.1) is 11.3 Å². The maximum Gasteiger partial charge on any atom is 0.250 e. The number of hydrogen-bond donors (Lipinski definition) is 1. The van der Waals surface area contributed by atoms with Crippen molar-refractivity contribution in [3.63, 3.8) is 0 Å². The molecule has 0 spiro atoms. The summed E-state index contributed by atoms with van der Waals surface area (Å²) in [6, 6.07) is 15.8. The molecule has 25 heavy (non-hydrogen) atoms. The van der Waals surface area contributed by atoms with E-state index in [1.54, 1.807) is 13.2 Å². The highest BCUT2D eigenvalue weighted by Crippen LogP contribution is 2.40. The van der Waals surface area contributed by atoms with Gasteiger partial charge in [-0.05, 0) is 29.3 Å². The van der Waals surface area contributed by atoms with Crippen LogP contribution in [0.3, 0.4) is 0 Å². The fourth-order valence-corrected chi connectivity index (χ4v) is 3.88. The summed E-state index contributed by atoms with van der Waals surface area (Å²) in [5, 5.41) is 3.49. The number of thiazole rings is 1. The number of hydrogen-bond acceptors (Lipinski definition) is 4. The average Bonchev–Trinajstić information content (AvgIpc) is 3.17. The number of nitrogens with one attached hydrogen (secondary N) is 1. The second-order valence-electron chi connectivity index (χ2n) is 5.72. The van der Waals surface area contributed by atoms with Crippen molar-refractivity contribution in [2.24, 2.45) is 0 Å². The van der Waals surface area contributed by atoms with Gasteiger partial charge in [-0.3, -0.25) is 10.1 Å². The van der Waals surface area contributed by atoms with Crippen molar-refractivity contribution in [3.05, 3.63) is 70.6 Å². The Hall–Kier alpha value is -2.92. The largest absolute Gasteiger partial charge is 0.497 e. The fourth-order valence-electron chi connectivity index (χ4n) is 2.88. The van der Waals surface area contributed by atoms with Gasteiger partial charge in [0.05, 0.1) is 12.8 Å². The van der Waals surface area contributed by atoms with Gasteiger partial charge in [0.2, 0.25) is 5.91 Å². The zero-order valence-electron chi connectivity index (χ0n) is 13.7. The van der Waals surface area contributed by atoms with Crippen LogP contribution in [0.5, 0.6) is 5.75 Å². The molecule has 0 fully saturated rings. The van der Waals surface area contributed by atoms with E-state index in [9.17, 15) is 4.79 Å². The molecule has 0 aliphatic heterocycles. The monoisotopic (exact) mass is 348 g/mol. The first-order chi connectivity index (χ1) is 12.2. The fraction of sp³-hybridized carbons (Fsp3) is 0.100. The predicted molar refractivity (Wildman–Crippen MR) is 101 cm³/mol. The minimum atomic E-state index is -0.191. The number of fused-ring (bicyclic) bond motifs is 3. The minimum Gasteiger partial charge on any atom is -0.497 e. The van der Waals surface area contributed by atoms with Gasteiger partial charge in [-0.25, -0.2) is 4.98 Å². The van der Waals surface area contributed by atoms with E-state index in [2.05, 4.69) is 22.4 Å². The van der Waals surface area contributed by atoms with Crippen molar-refractivity contribution >= 4 is 28.5 Å². The number of rotatable bonds is 4. The molecule has 1 aliphatic rings. The third kappa shape index (κ3) is 3.19. The molecule has 0 saturated heterocycles. The molecule has 4 rings (SSSR count). The van der Waals surface area contributed by atoms with Crippen LogP contribution in [-0.2, 0) is 11.2 Å². The molecule has 0 atom stereocenters. The Morgan fingerprint density at radius 2 is 2.12 bits per heavy atom. The van der Waals surface area contributed by atoms with Crippen molar-refractivity contribution in [3.8, 4) is 17.0 Å². The van der Waals surface area contributed by atoms with Gasteiger partial charge in [0.15, 0.2) is 5.13 Å². The maximum atomic E-state index is 12.2. The van der Waals surface area contributed by atoms with E-state index in [1.807, 2.05) is 36.4 Å². The Kier molecular flexibility index (Phi) is 4.07. The molecule has 2 aromatic carbocycles. The lowest BCUT2D eigenvalue weighted by Crippen LogP contribution is -2.07. The Balaban J connectivity index is 1.47. The molecule has 5 heteroatoms. The quantitative estimate of drug-likeness (QED) is 0.557. The highest BCUT2D eigenvalue weighted by atomic mass is 32.1. The molecular weight excluding hydrogens is 332 g/mol. The summed E-state index contributed by atoms with van der Waals surface area (Å²) in [7, 11) is 1.62. The standard InChI is InChI=1S/C20H16N2O2S/c1-24-15-7-4-5-13(11-15)9-10-18(23)21-20-22-19-16-8-3-2-6-14(16)12-17(19)25-20/h2-11H,12H2,1H3,(H,21,22,23)/b10-9+. The average molecular weight is 348 g/mol. The van der Waals surface area contributed by atoms with E-state index in [-0.39, 0.29) is 5.91 Å². The number of nitrogens with zero attached hydrogens (tertiary/aromatic N) is 1. The molecule has 1 heterocycles. The summed E-state index contributed by atoms with van der Waals surface area (Å²) in [4.78, 5) is 17.9. The second kappa shape index (κ2) is 6.53. The molecule has 0 radical (unpaired) electrons. The van der Waals surface area contributed by atoms with Crippen LogP contribution in [0.4, 0.5) is 5.13 Å².